The van der Waals surface area contributed by atoms with Crippen molar-refractivity contribution in [3.63, 3.8) is 0 Å². The fraction of sp³-hybridized carbons (Fsp3) is 0.778. The van der Waals surface area contributed by atoms with Crippen molar-refractivity contribution in [1.82, 2.24) is 9.80 Å². The first-order valence-electron chi connectivity index (χ1n) is 4.60. The second kappa shape index (κ2) is 4.41. The van der Waals surface area contributed by atoms with Crippen LogP contribution in [0.3, 0.4) is 0 Å². The highest BCUT2D eigenvalue weighted by Crippen LogP contribution is 2.08. The number of ether oxygens (including phenoxy) is 1. The van der Waals surface area contributed by atoms with Crippen LogP contribution in [-0.4, -0.2) is 61.5 Å². The van der Waals surface area contributed by atoms with Crippen molar-refractivity contribution in [1.29, 1.82) is 0 Å². The van der Waals surface area contributed by atoms with Crippen molar-refractivity contribution in [2.75, 3.05) is 33.8 Å². The average molecular weight is 200 g/mol. The Labute approximate surface area is 83.6 Å². The molecule has 0 aromatic carbocycles. The number of methoxy groups -OCH3 is 1. The summed E-state index contributed by atoms with van der Waals surface area (Å²) in [6.07, 6.45) is 0. The summed E-state index contributed by atoms with van der Waals surface area (Å²) < 4.78 is 4.67. The molecule has 1 amide bonds. The molecular formula is C9H16N2O3. The van der Waals surface area contributed by atoms with Crippen LogP contribution in [0.5, 0.6) is 0 Å². The van der Waals surface area contributed by atoms with Crippen LogP contribution in [0, 0.1) is 0 Å². The molecule has 80 valence electrons. The normalized spacial score (nSPS) is 23.4. The van der Waals surface area contributed by atoms with Gasteiger partial charge in [-0.15, -0.1) is 0 Å². The van der Waals surface area contributed by atoms with Crippen LogP contribution in [0.25, 0.3) is 0 Å². The van der Waals surface area contributed by atoms with Gasteiger partial charge < -0.3 is 9.64 Å². The van der Waals surface area contributed by atoms with Gasteiger partial charge in [-0.2, -0.15) is 0 Å². The van der Waals surface area contributed by atoms with Gasteiger partial charge in [0.05, 0.1) is 7.11 Å². The zero-order valence-electron chi connectivity index (χ0n) is 8.82. The molecule has 0 aromatic heterocycles. The summed E-state index contributed by atoms with van der Waals surface area (Å²) >= 11 is 0. The number of nitrogens with zero attached hydrogens (tertiary/aromatic N) is 2. The Hall–Kier alpha value is -1.10. The molecular weight excluding hydrogens is 184 g/mol. The first kappa shape index (κ1) is 11.0. The Morgan fingerprint density at radius 1 is 1.36 bits per heavy atom. The molecule has 0 N–H and O–H groups in total. The minimum Gasteiger partial charge on any atom is -0.468 e. The van der Waals surface area contributed by atoms with Gasteiger partial charge in [0.1, 0.15) is 6.04 Å². The highest BCUT2D eigenvalue weighted by molar-refractivity contribution is 5.78. The molecule has 14 heavy (non-hydrogen) atoms. The van der Waals surface area contributed by atoms with Crippen molar-refractivity contribution < 1.29 is 14.3 Å². The third-order valence-electron chi connectivity index (χ3n) is 2.57. The Balaban J connectivity index is 2.64. The second-order valence-electron chi connectivity index (χ2n) is 3.48. The molecule has 1 saturated heterocycles. The Bertz CT molecular complexity index is 242. The van der Waals surface area contributed by atoms with Crippen LogP contribution in [0.1, 0.15) is 6.92 Å². The van der Waals surface area contributed by atoms with Gasteiger partial charge >= 0.3 is 5.97 Å². The van der Waals surface area contributed by atoms with E-state index in [1.165, 1.54) is 14.0 Å². The molecule has 0 aromatic rings. The maximum absolute atomic E-state index is 11.3. The van der Waals surface area contributed by atoms with Crippen molar-refractivity contribution in [2.24, 2.45) is 0 Å². The van der Waals surface area contributed by atoms with Crippen molar-refractivity contribution in [2.45, 2.75) is 13.0 Å². The lowest BCUT2D eigenvalue weighted by atomic mass is 10.2. The van der Waals surface area contributed by atoms with E-state index in [4.69, 9.17) is 0 Å². The first-order chi connectivity index (χ1) is 6.56. The molecule has 1 atom stereocenters. The predicted octanol–water partition coefficient (Wildman–Crippen LogP) is -0.678. The maximum Gasteiger partial charge on any atom is 0.324 e. The molecule has 0 spiro atoms. The molecule has 1 unspecified atom stereocenters. The summed E-state index contributed by atoms with van der Waals surface area (Å²) in [6.45, 7) is 3.33. The van der Waals surface area contributed by atoms with E-state index in [-0.39, 0.29) is 17.9 Å². The quantitative estimate of drug-likeness (QED) is 0.526. The Morgan fingerprint density at radius 2 is 2.00 bits per heavy atom. The molecule has 1 aliphatic heterocycles. The van der Waals surface area contributed by atoms with Crippen LogP contribution < -0.4 is 0 Å². The van der Waals surface area contributed by atoms with E-state index in [0.717, 1.165) is 0 Å². The lowest BCUT2D eigenvalue weighted by Gasteiger charge is -2.37. The van der Waals surface area contributed by atoms with E-state index in [0.29, 0.717) is 19.6 Å². The Kier molecular flexibility index (Phi) is 3.46. The number of piperazine rings is 1. The minimum atomic E-state index is -0.322. The number of carbonyl (C=O) groups is 2. The van der Waals surface area contributed by atoms with E-state index in [2.05, 4.69) is 4.74 Å². The van der Waals surface area contributed by atoms with Crippen LogP contribution in [0.2, 0.25) is 0 Å². The SMILES string of the molecule is COC(=O)C1CN(C(C)=O)CCN1C. The minimum absolute atomic E-state index is 0.00648. The van der Waals surface area contributed by atoms with Gasteiger partial charge in [0.15, 0.2) is 0 Å². The predicted molar refractivity (Wildman–Crippen MR) is 50.7 cm³/mol. The average Bonchev–Trinajstić information content (AvgIpc) is 2.17. The molecule has 1 rings (SSSR count). The van der Waals surface area contributed by atoms with Crippen molar-refractivity contribution in [3.05, 3.63) is 0 Å². The number of hydrogen-bond donors (Lipinski definition) is 0. The fourth-order valence-electron chi connectivity index (χ4n) is 1.55. The smallest absolute Gasteiger partial charge is 0.324 e. The molecule has 5 nitrogen and oxygen atoms in total. The zero-order valence-corrected chi connectivity index (χ0v) is 8.82. The van der Waals surface area contributed by atoms with Crippen LogP contribution in [-0.2, 0) is 14.3 Å². The Morgan fingerprint density at radius 3 is 2.50 bits per heavy atom. The second-order valence-corrected chi connectivity index (χ2v) is 3.48. The van der Waals surface area contributed by atoms with Gasteiger partial charge in [-0.3, -0.25) is 14.5 Å². The van der Waals surface area contributed by atoms with E-state index in [1.54, 1.807) is 4.90 Å². The summed E-state index contributed by atoms with van der Waals surface area (Å²) in [7, 11) is 3.22. The standard InChI is InChI=1S/C9H16N2O3/c1-7(12)11-5-4-10(2)8(6-11)9(13)14-3/h8H,4-6H2,1-3H3. The molecule has 0 aliphatic carbocycles. The fourth-order valence-corrected chi connectivity index (χ4v) is 1.55. The largest absolute Gasteiger partial charge is 0.468 e. The molecule has 0 bridgehead atoms. The lowest BCUT2D eigenvalue weighted by molar-refractivity contribution is -0.150. The zero-order chi connectivity index (χ0) is 10.7. The third-order valence-corrected chi connectivity index (χ3v) is 2.57. The van der Waals surface area contributed by atoms with E-state index >= 15 is 0 Å². The number of likely N-dealkylation sites (N-methyl/N-ethyl adjacent to an activating group) is 1. The molecule has 0 saturated carbocycles. The monoisotopic (exact) mass is 200 g/mol. The van der Waals surface area contributed by atoms with E-state index in [9.17, 15) is 9.59 Å². The van der Waals surface area contributed by atoms with Gasteiger partial charge in [-0.05, 0) is 7.05 Å². The topological polar surface area (TPSA) is 49.9 Å². The summed E-state index contributed by atoms with van der Waals surface area (Å²) in [5, 5.41) is 0. The lowest BCUT2D eigenvalue weighted by Crippen LogP contribution is -2.56. The van der Waals surface area contributed by atoms with Gasteiger partial charge in [0, 0.05) is 26.6 Å². The third kappa shape index (κ3) is 2.23. The number of rotatable bonds is 1. The van der Waals surface area contributed by atoms with Gasteiger partial charge in [-0.1, -0.05) is 0 Å². The highest BCUT2D eigenvalue weighted by Gasteiger charge is 2.31. The van der Waals surface area contributed by atoms with Crippen LogP contribution >= 0.6 is 0 Å². The first-order valence-corrected chi connectivity index (χ1v) is 4.60. The summed E-state index contributed by atoms with van der Waals surface area (Å²) in [5.41, 5.74) is 0. The van der Waals surface area contributed by atoms with Gasteiger partial charge in [-0.25, -0.2) is 0 Å². The summed E-state index contributed by atoms with van der Waals surface area (Å²) in [4.78, 5) is 26.0. The van der Waals surface area contributed by atoms with Gasteiger partial charge in [0.2, 0.25) is 5.91 Å². The number of carbonyl (C=O) groups excluding carboxylic acids is 2. The highest BCUT2D eigenvalue weighted by atomic mass is 16.5. The molecule has 1 aliphatic rings. The molecule has 1 fully saturated rings. The molecule has 1 heterocycles. The van der Waals surface area contributed by atoms with Crippen LogP contribution in [0.15, 0.2) is 0 Å². The van der Waals surface area contributed by atoms with Crippen molar-refractivity contribution >= 4 is 11.9 Å². The van der Waals surface area contributed by atoms with Crippen LogP contribution in [0.4, 0.5) is 0 Å². The number of amides is 1. The molecule has 0 radical (unpaired) electrons. The molecule has 5 heteroatoms. The summed E-state index contributed by atoms with van der Waals surface area (Å²) in [5.74, 6) is -0.273. The van der Waals surface area contributed by atoms with E-state index in [1.807, 2.05) is 11.9 Å². The maximum atomic E-state index is 11.3. The number of hydrogen-bond acceptors (Lipinski definition) is 4. The van der Waals surface area contributed by atoms with Gasteiger partial charge in [0.25, 0.3) is 0 Å². The van der Waals surface area contributed by atoms with Crippen molar-refractivity contribution in [3.8, 4) is 0 Å². The van der Waals surface area contributed by atoms with E-state index < -0.39 is 0 Å². The summed E-state index contributed by atoms with van der Waals surface area (Å²) in [6, 6.07) is -0.322. The number of esters is 1.